The third-order valence-corrected chi connectivity index (χ3v) is 4.90. The van der Waals surface area contributed by atoms with Gasteiger partial charge in [0.1, 0.15) is 11.3 Å². The van der Waals surface area contributed by atoms with E-state index >= 15 is 0 Å². The molecule has 2 heterocycles. The van der Waals surface area contributed by atoms with Crippen LogP contribution in [0.4, 0.5) is 0 Å². The summed E-state index contributed by atoms with van der Waals surface area (Å²) in [6.07, 6.45) is 7.42. The van der Waals surface area contributed by atoms with Gasteiger partial charge in [0.15, 0.2) is 0 Å². The second kappa shape index (κ2) is 5.67. The van der Waals surface area contributed by atoms with Crippen molar-refractivity contribution in [2.75, 3.05) is 0 Å². The van der Waals surface area contributed by atoms with Gasteiger partial charge in [0, 0.05) is 18.0 Å². The van der Waals surface area contributed by atoms with Gasteiger partial charge in [0.2, 0.25) is 0 Å². The highest BCUT2D eigenvalue weighted by Gasteiger charge is 2.27. The molecule has 2 aromatic heterocycles. The Morgan fingerprint density at radius 1 is 1.32 bits per heavy atom. The fourth-order valence-electron chi connectivity index (χ4n) is 3.43. The minimum atomic E-state index is -0.228. The van der Waals surface area contributed by atoms with Crippen LogP contribution in [0, 0.1) is 11.3 Å². The van der Waals surface area contributed by atoms with Gasteiger partial charge in [0.25, 0.3) is 5.56 Å². The quantitative estimate of drug-likeness (QED) is 0.806. The molecule has 1 aliphatic carbocycles. The van der Waals surface area contributed by atoms with Crippen LogP contribution in [-0.2, 0) is 6.42 Å². The van der Waals surface area contributed by atoms with Gasteiger partial charge in [0.05, 0.1) is 5.69 Å². The molecule has 4 nitrogen and oxygen atoms in total. The molecule has 1 fully saturated rings. The molecule has 4 heteroatoms. The zero-order valence-electron chi connectivity index (χ0n) is 13.3. The van der Waals surface area contributed by atoms with Gasteiger partial charge in [-0.25, -0.2) is 0 Å². The fourth-order valence-corrected chi connectivity index (χ4v) is 3.43. The third kappa shape index (κ3) is 3.11. The van der Waals surface area contributed by atoms with E-state index in [4.69, 9.17) is 0 Å². The van der Waals surface area contributed by atoms with Gasteiger partial charge in [-0.05, 0) is 55.6 Å². The van der Waals surface area contributed by atoms with Crippen molar-refractivity contribution in [3.8, 4) is 17.0 Å². The molecule has 1 aliphatic rings. The predicted octanol–water partition coefficient (Wildman–Crippen LogP) is 3.83. The van der Waals surface area contributed by atoms with E-state index in [0.29, 0.717) is 22.6 Å². The molecular weight excluding hydrogens is 276 g/mol. The molecule has 0 radical (unpaired) electrons. The standard InChI is InChI=1S/C18H24N2O2/c1-18(2)7-5-12(6-8-18)10-13-11-15(21)16(17(22)20-13)14-4-3-9-19-14/h3-4,9,11-12,19H,5-8,10H2,1-2H3,(H2,20,21,22). The first-order valence-electron chi connectivity index (χ1n) is 8.03. The number of aromatic hydroxyl groups is 1. The van der Waals surface area contributed by atoms with Crippen LogP contribution in [0.5, 0.6) is 5.75 Å². The second-order valence-electron chi connectivity index (χ2n) is 7.28. The van der Waals surface area contributed by atoms with E-state index in [1.807, 2.05) is 6.07 Å². The maximum atomic E-state index is 12.3. The van der Waals surface area contributed by atoms with E-state index in [1.165, 1.54) is 25.7 Å². The molecule has 0 bridgehead atoms. The maximum Gasteiger partial charge on any atom is 0.261 e. The van der Waals surface area contributed by atoms with E-state index in [9.17, 15) is 9.90 Å². The number of hydrogen-bond acceptors (Lipinski definition) is 2. The monoisotopic (exact) mass is 300 g/mol. The smallest absolute Gasteiger partial charge is 0.261 e. The Morgan fingerprint density at radius 3 is 2.64 bits per heavy atom. The molecule has 3 rings (SSSR count). The van der Waals surface area contributed by atoms with E-state index in [2.05, 4.69) is 23.8 Å². The van der Waals surface area contributed by atoms with Gasteiger partial charge in [-0.2, -0.15) is 0 Å². The molecule has 2 aromatic rings. The summed E-state index contributed by atoms with van der Waals surface area (Å²) >= 11 is 0. The highest BCUT2D eigenvalue weighted by Crippen LogP contribution is 2.39. The van der Waals surface area contributed by atoms with Crippen molar-refractivity contribution in [1.29, 1.82) is 0 Å². The number of hydrogen-bond donors (Lipinski definition) is 3. The number of H-pyrrole nitrogens is 2. The molecular formula is C18H24N2O2. The summed E-state index contributed by atoms with van der Waals surface area (Å²) in [7, 11) is 0. The average Bonchev–Trinajstić information content (AvgIpc) is 2.94. The number of rotatable bonds is 3. The summed E-state index contributed by atoms with van der Waals surface area (Å²) in [4.78, 5) is 18.2. The first-order chi connectivity index (χ1) is 10.4. The fraction of sp³-hybridized carbons (Fsp3) is 0.500. The number of nitrogens with one attached hydrogen (secondary N) is 2. The Bertz CT molecular complexity index is 688. The Kier molecular flexibility index (Phi) is 3.85. The van der Waals surface area contributed by atoms with E-state index < -0.39 is 0 Å². The lowest BCUT2D eigenvalue weighted by molar-refractivity contribution is 0.190. The van der Waals surface area contributed by atoms with Crippen molar-refractivity contribution in [2.45, 2.75) is 46.0 Å². The van der Waals surface area contributed by atoms with Gasteiger partial charge >= 0.3 is 0 Å². The van der Waals surface area contributed by atoms with Crippen LogP contribution >= 0.6 is 0 Å². The SMILES string of the molecule is CC1(C)CCC(Cc2cc(O)c(-c3ccc[nH]3)c(=O)[nH]2)CC1. The number of aromatic amines is 2. The predicted molar refractivity (Wildman–Crippen MR) is 88.0 cm³/mol. The largest absolute Gasteiger partial charge is 0.507 e. The topological polar surface area (TPSA) is 68.9 Å². The highest BCUT2D eigenvalue weighted by molar-refractivity contribution is 5.65. The van der Waals surface area contributed by atoms with Crippen molar-refractivity contribution in [3.05, 3.63) is 40.4 Å². The van der Waals surface area contributed by atoms with Crippen molar-refractivity contribution >= 4 is 0 Å². The number of pyridine rings is 1. The first kappa shape index (κ1) is 14.9. The summed E-state index contributed by atoms with van der Waals surface area (Å²) in [5, 5.41) is 10.2. The van der Waals surface area contributed by atoms with Crippen LogP contribution in [0.25, 0.3) is 11.3 Å². The Morgan fingerprint density at radius 2 is 2.05 bits per heavy atom. The van der Waals surface area contributed by atoms with Crippen molar-refractivity contribution in [3.63, 3.8) is 0 Å². The van der Waals surface area contributed by atoms with Gasteiger partial charge in [-0.15, -0.1) is 0 Å². The average molecular weight is 300 g/mol. The second-order valence-corrected chi connectivity index (χ2v) is 7.28. The van der Waals surface area contributed by atoms with Gasteiger partial charge in [-0.3, -0.25) is 4.79 Å². The summed E-state index contributed by atoms with van der Waals surface area (Å²) in [6.45, 7) is 4.64. The lowest BCUT2D eigenvalue weighted by Crippen LogP contribution is -2.23. The van der Waals surface area contributed by atoms with Crippen LogP contribution in [-0.4, -0.2) is 15.1 Å². The molecule has 0 aromatic carbocycles. The molecule has 0 aliphatic heterocycles. The summed E-state index contributed by atoms with van der Waals surface area (Å²) < 4.78 is 0. The third-order valence-electron chi connectivity index (χ3n) is 4.90. The van der Waals surface area contributed by atoms with Gasteiger partial charge < -0.3 is 15.1 Å². The summed E-state index contributed by atoms with van der Waals surface area (Å²) in [6, 6.07) is 5.30. The van der Waals surface area contributed by atoms with Crippen LogP contribution in [0.15, 0.2) is 29.2 Å². The zero-order valence-corrected chi connectivity index (χ0v) is 13.3. The molecule has 0 atom stereocenters. The lowest BCUT2D eigenvalue weighted by atomic mass is 9.72. The van der Waals surface area contributed by atoms with Crippen molar-refractivity contribution in [2.24, 2.45) is 11.3 Å². The maximum absolute atomic E-state index is 12.3. The first-order valence-corrected chi connectivity index (χ1v) is 8.03. The normalized spacial score (nSPS) is 18.5. The van der Waals surface area contributed by atoms with Crippen LogP contribution in [0.3, 0.4) is 0 Å². The van der Waals surface area contributed by atoms with E-state index in [-0.39, 0.29) is 11.3 Å². The molecule has 0 spiro atoms. The molecule has 0 unspecified atom stereocenters. The molecule has 1 saturated carbocycles. The Balaban J connectivity index is 1.78. The van der Waals surface area contributed by atoms with Crippen molar-refractivity contribution in [1.82, 2.24) is 9.97 Å². The minimum absolute atomic E-state index is 0.0531. The Labute approximate surface area is 130 Å². The molecule has 0 amide bonds. The minimum Gasteiger partial charge on any atom is -0.507 e. The molecule has 118 valence electrons. The highest BCUT2D eigenvalue weighted by atomic mass is 16.3. The molecule has 0 saturated heterocycles. The van der Waals surface area contributed by atoms with E-state index in [0.717, 1.165) is 12.1 Å². The summed E-state index contributed by atoms with van der Waals surface area (Å²) in [5.41, 5.74) is 2.02. The van der Waals surface area contributed by atoms with Crippen molar-refractivity contribution < 1.29 is 5.11 Å². The lowest BCUT2D eigenvalue weighted by Gasteiger charge is -2.34. The summed E-state index contributed by atoms with van der Waals surface area (Å²) in [5.74, 6) is 0.650. The number of aromatic nitrogens is 2. The van der Waals surface area contributed by atoms with E-state index in [1.54, 1.807) is 18.3 Å². The zero-order chi connectivity index (χ0) is 15.7. The van der Waals surface area contributed by atoms with Crippen LogP contribution < -0.4 is 5.56 Å². The Hall–Kier alpha value is -1.97. The van der Waals surface area contributed by atoms with Crippen LogP contribution in [0.1, 0.15) is 45.2 Å². The van der Waals surface area contributed by atoms with Gasteiger partial charge in [-0.1, -0.05) is 13.8 Å². The molecule has 22 heavy (non-hydrogen) atoms. The molecule has 3 N–H and O–H groups in total. The van der Waals surface area contributed by atoms with Crippen LogP contribution in [0.2, 0.25) is 0 Å².